The van der Waals surface area contributed by atoms with Crippen molar-refractivity contribution >= 4 is 29.2 Å². The molecule has 168 valence electrons. The third-order valence-electron chi connectivity index (χ3n) is 5.41. The third-order valence-corrected chi connectivity index (χ3v) is 5.41. The molecule has 2 fully saturated rings. The highest BCUT2D eigenvalue weighted by molar-refractivity contribution is 6.01. The third kappa shape index (κ3) is 4.86. The topological polar surface area (TPSA) is 135 Å². The van der Waals surface area contributed by atoms with E-state index < -0.39 is 6.09 Å². The van der Waals surface area contributed by atoms with Gasteiger partial charge in [0.15, 0.2) is 11.5 Å². The van der Waals surface area contributed by atoms with Gasteiger partial charge in [0, 0.05) is 25.2 Å². The number of nitrogens with one attached hydrogen (secondary N) is 2. The van der Waals surface area contributed by atoms with Gasteiger partial charge in [0.05, 0.1) is 35.7 Å². The lowest BCUT2D eigenvalue weighted by Gasteiger charge is -2.17. The van der Waals surface area contributed by atoms with E-state index in [1.54, 1.807) is 35.6 Å². The normalized spacial score (nSPS) is 15.2. The summed E-state index contributed by atoms with van der Waals surface area (Å²) in [6.45, 7) is 1.36. The van der Waals surface area contributed by atoms with E-state index in [0.29, 0.717) is 24.7 Å². The minimum atomic E-state index is -0.798. The van der Waals surface area contributed by atoms with E-state index in [9.17, 15) is 9.59 Å². The summed E-state index contributed by atoms with van der Waals surface area (Å²) in [6.07, 6.45) is 10.9. The molecule has 1 saturated carbocycles. The van der Waals surface area contributed by atoms with Crippen molar-refractivity contribution in [3.05, 3.63) is 54.6 Å². The monoisotopic (exact) mass is 446 g/mol. The molecule has 11 nitrogen and oxygen atoms in total. The smallest absolute Gasteiger partial charge is 0.387 e. The summed E-state index contributed by atoms with van der Waals surface area (Å²) < 4.78 is 5.52. The Balaban J connectivity index is 1.35. The minimum Gasteiger partial charge on any atom is -0.387 e. The molecule has 2 aliphatic rings. The van der Waals surface area contributed by atoms with Crippen LogP contribution in [0.4, 0.5) is 22.0 Å². The Bertz CT molecular complexity index is 1160. The van der Waals surface area contributed by atoms with Gasteiger partial charge in [0.2, 0.25) is 0 Å². The Labute approximate surface area is 189 Å². The number of likely N-dealkylation sites (tertiary alicyclic amines) is 1. The lowest BCUT2D eigenvalue weighted by molar-refractivity contribution is 0.0788. The fraction of sp³-hybridized carbons (Fsp3) is 0.318. The van der Waals surface area contributed by atoms with Gasteiger partial charge in [-0.2, -0.15) is 0 Å². The van der Waals surface area contributed by atoms with E-state index in [1.165, 1.54) is 12.5 Å². The van der Waals surface area contributed by atoms with Crippen LogP contribution in [0.2, 0.25) is 0 Å². The number of rotatable bonds is 6. The Morgan fingerprint density at radius 2 is 1.85 bits per heavy atom. The lowest BCUT2D eigenvalue weighted by Crippen LogP contribution is -2.30. The van der Waals surface area contributed by atoms with E-state index >= 15 is 0 Å². The van der Waals surface area contributed by atoms with Crippen molar-refractivity contribution in [1.29, 1.82) is 0 Å². The van der Waals surface area contributed by atoms with Gasteiger partial charge in [-0.1, -0.05) is 0 Å². The summed E-state index contributed by atoms with van der Waals surface area (Å²) in [4.78, 5) is 48.3. The summed E-state index contributed by atoms with van der Waals surface area (Å²) in [5.41, 5.74) is 1.78. The largest absolute Gasteiger partial charge is 0.418 e. The van der Waals surface area contributed by atoms with Crippen LogP contribution in [0.5, 0.6) is 5.88 Å². The molecule has 1 saturated heterocycles. The number of hydrogen-bond acceptors (Lipinski definition) is 9. The number of amides is 2. The highest BCUT2D eigenvalue weighted by Crippen LogP contribution is 2.40. The number of nitrogens with zero attached hydrogens (tertiary/aromatic N) is 6. The minimum absolute atomic E-state index is 0.0251. The van der Waals surface area contributed by atoms with Crippen LogP contribution in [-0.4, -0.2) is 54.9 Å². The van der Waals surface area contributed by atoms with Crippen molar-refractivity contribution in [2.24, 2.45) is 0 Å². The number of ether oxygens (including phenoxy) is 1. The molecule has 0 unspecified atom stereocenters. The average molecular weight is 446 g/mol. The highest BCUT2D eigenvalue weighted by atomic mass is 16.6. The Morgan fingerprint density at radius 3 is 2.61 bits per heavy atom. The number of carbonyl (C=O) groups is 2. The molecule has 3 aromatic rings. The summed E-state index contributed by atoms with van der Waals surface area (Å²) in [5.74, 6) is 0.381. The summed E-state index contributed by atoms with van der Waals surface area (Å²) >= 11 is 0. The molecule has 5 rings (SSSR count). The van der Waals surface area contributed by atoms with Crippen molar-refractivity contribution in [3.63, 3.8) is 0 Å². The number of carbonyl (C=O) groups excluding carboxylic acids is 2. The highest BCUT2D eigenvalue weighted by Gasteiger charge is 2.28. The van der Waals surface area contributed by atoms with Gasteiger partial charge in [-0.25, -0.2) is 29.7 Å². The van der Waals surface area contributed by atoms with Crippen LogP contribution in [0.1, 0.15) is 47.8 Å². The SMILES string of the molecule is O=C(Nc1cccnc1C(=O)N1CCCC1)Oc1nc(C2CC2)cnc1Nc1cncnc1. The first-order chi connectivity index (χ1) is 16.2. The fourth-order valence-corrected chi connectivity index (χ4v) is 3.59. The molecule has 1 aliphatic heterocycles. The lowest BCUT2D eigenvalue weighted by atomic mass is 10.2. The predicted molar refractivity (Wildman–Crippen MR) is 118 cm³/mol. The number of anilines is 3. The van der Waals surface area contributed by atoms with Gasteiger partial charge < -0.3 is 15.0 Å². The molecule has 0 radical (unpaired) electrons. The maximum absolute atomic E-state index is 12.8. The summed E-state index contributed by atoms with van der Waals surface area (Å²) in [5, 5.41) is 5.65. The molecule has 0 bridgehead atoms. The van der Waals surface area contributed by atoms with Crippen LogP contribution in [-0.2, 0) is 0 Å². The van der Waals surface area contributed by atoms with E-state index in [1.807, 2.05) is 0 Å². The first-order valence-corrected chi connectivity index (χ1v) is 10.8. The molecule has 11 heteroatoms. The summed E-state index contributed by atoms with van der Waals surface area (Å²) in [7, 11) is 0. The molecule has 3 aromatic heterocycles. The van der Waals surface area contributed by atoms with Crippen molar-refractivity contribution in [2.45, 2.75) is 31.6 Å². The van der Waals surface area contributed by atoms with Crippen LogP contribution in [0.15, 0.2) is 43.2 Å². The molecule has 2 amide bonds. The molecular weight excluding hydrogens is 424 g/mol. The van der Waals surface area contributed by atoms with Gasteiger partial charge in [0.1, 0.15) is 6.33 Å². The molecule has 4 heterocycles. The number of hydrogen-bond donors (Lipinski definition) is 2. The standard InChI is InChI=1S/C22H22N8O3/c31-21(30-8-1-2-9-30)18-16(4-3-7-25-18)29-22(32)33-20-19(27-15-10-23-13-24-11-15)26-12-17(28-20)14-5-6-14/h3-4,7,10-14H,1-2,5-6,8-9H2,(H,26,27)(H,29,32). The molecule has 0 atom stereocenters. The van der Waals surface area contributed by atoms with E-state index in [-0.39, 0.29) is 29.0 Å². The van der Waals surface area contributed by atoms with E-state index in [0.717, 1.165) is 31.4 Å². The van der Waals surface area contributed by atoms with Gasteiger partial charge in [-0.3, -0.25) is 10.1 Å². The van der Waals surface area contributed by atoms with E-state index in [2.05, 4.69) is 35.6 Å². The van der Waals surface area contributed by atoms with Crippen LogP contribution in [0.3, 0.4) is 0 Å². The zero-order chi connectivity index (χ0) is 22.6. The van der Waals surface area contributed by atoms with Crippen LogP contribution >= 0.6 is 0 Å². The number of aromatic nitrogens is 5. The first-order valence-electron chi connectivity index (χ1n) is 10.8. The van der Waals surface area contributed by atoms with Crippen LogP contribution in [0, 0.1) is 0 Å². The fourth-order valence-electron chi connectivity index (χ4n) is 3.59. The second-order valence-corrected chi connectivity index (χ2v) is 7.89. The second kappa shape index (κ2) is 9.15. The number of pyridine rings is 1. The Kier molecular flexibility index (Phi) is 5.75. The zero-order valence-corrected chi connectivity index (χ0v) is 17.8. The van der Waals surface area contributed by atoms with Gasteiger partial charge in [-0.05, 0) is 37.8 Å². The van der Waals surface area contributed by atoms with Crippen LogP contribution < -0.4 is 15.4 Å². The van der Waals surface area contributed by atoms with Crippen molar-refractivity contribution < 1.29 is 14.3 Å². The maximum atomic E-state index is 12.8. The Morgan fingerprint density at radius 1 is 1.06 bits per heavy atom. The molecular formula is C22H22N8O3. The first kappa shape index (κ1) is 20.7. The van der Waals surface area contributed by atoms with Crippen molar-refractivity contribution in [1.82, 2.24) is 29.8 Å². The molecule has 1 aliphatic carbocycles. The molecule has 0 spiro atoms. The van der Waals surface area contributed by atoms with Gasteiger partial charge >= 0.3 is 6.09 Å². The van der Waals surface area contributed by atoms with Crippen molar-refractivity contribution in [2.75, 3.05) is 23.7 Å². The maximum Gasteiger partial charge on any atom is 0.418 e. The predicted octanol–water partition coefficient (Wildman–Crippen LogP) is 3.13. The van der Waals surface area contributed by atoms with Gasteiger partial charge in [0.25, 0.3) is 11.8 Å². The van der Waals surface area contributed by atoms with Crippen LogP contribution in [0.25, 0.3) is 0 Å². The van der Waals surface area contributed by atoms with Crippen molar-refractivity contribution in [3.8, 4) is 5.88 Å². The molecule has 0 aromatic carbocycles. The quantitative estimate of drug-likeness (QED) is 0.585. The molecule has 33 heavy (non-hydrogen) atoms. The zero-order valence-electron chi connectivity index (χ0n) is 17.8. The summed E-state index contributed by atoms with van der Waals surface area (Å²) in [6, 6.07) is 3.26. The molecule has 2 N–H and O–H groups in total. The average Bonchev–Trinajstić information content (AvgIpc) is 3.54. The second-order valence-electron chi connectivity index (χ2n) is 7.89. The Hall–Kier alpha value is -4.15. The van der Waals surface area contributed by atoms with Gasteiger partial charge in [-0.15, -0.1) is 0 Å². The van der Waals surface area contributed by atoms with E-state index in [4.69, 9.17) is 4.74 Å².